The number of methoxy groups -OCH3 is 2. The molecule has 15 heteroatoms. The highest BCUT2D eigenvalue weighted by molar-refractivity contribution is 7.93. The lowest BCUT2D eigenvalue weighted by atomic mass is 10.1. The van der Waals surface area contributed by atoms with E-state index in [1.165, 1.54) is 39.0 Å². The minimum absolute atomic E-state index is 0.126. The lowest BCUT2D eigenvalue weighted by molar-refractivity contribution is 0.0781. The molecule has 0 bridgehead atoms. The maximum absolute atomic E-state index is 13.2. The van der Waals surface area contributed by atoms with E-state index in [1.54, 1.807) is 12.1 Å². The summed E-state index contributed by atoms with van der Waals surface area (Å²) in [5.41, 5.74) is 1.42. The van der Waals surface area contributed by atoms with Crippen LogP contribution in [0, 0.1) is 0 Å². The van der Waals surface area contributed by atoms with Crippen molar-refractivity contribution in [3.05, 3.63) is 41.9 Å². The van der Waals surface area contributed by atoms with Crippen molar-refractivity contribution in [1.82, 2.24) is 24.9 Å². The van der Waals surface area contributed by atoms with Crippen molar-refractivity contribution in [3.63, 3.8) is 0 Å². The minimum atomic E-state index is -4.25. The molecule has 0 radical (unpaired) electrons. The molecule has 2 N–H and O–H groups in total. The molecule has 0 amide bonds. The second-order valence-corrected chi connectivity index (χ2v) is 8.85. The normalized spacial score (nSPS) is 11.6. The topological polar surface area (TPSA) is 141 Å². The third-order valence-corrected chi connectivity index (χ3v) is 6.35. The smallest absolute Gasteiger partial charge is 0.272 e. The molecule has 0 aliphatic carbocycles. The molecular weight excluding hydrogens is 510 g/mol. The van der Waals surface area contributed by atoms with Crippen LogP contribution in [0.4, 0.5) is 14.7 Å². The molecule has 0 fully saturated rings. The SMILES string of the molecule is COc1nc(NS(=O)(=O)c2c[nH]c3c(-c4ccncn4)c(Cl)ccc23)nc(OC)c1OCC(F)F. The number of fused-ring (bicyclic) bond motifs is 1. The Hall–Kier alpha value is -3.78. The lowest BCUT2D eigenvalue weighted by Crippen LogP contribution is -2.16. The van der Waals surface area contributed by atoms with Crippen molar-refractivity contribution in [2.24, 2.45) is 0 Å². The number of H-pyrrole nitrogens is 1. The lowest BCUT2D eigenvalue weighted by Gasteiger charge is -2.14. The summed E-state index contributed by atoms with van der Waals surface area (Å²) in [5.74, 6) is -1.32. The first kappa shape index (κ1) is 24.3. The number of aromatic amines is 1. The van der Waals surface area contributed by atoms with Gasteiger partial charge >= 0.3 is 0 Å². The van der Waals surface area contributed by atoms with E-state index in [0.717, 1.165) is 0 Å². The number of benzene rings is 1. The quantitative estimate of drug-likeness (QED) is 0.335. The average molecular weight is 527 g/mol. The molecule has 35 heavy (non-hydrogen) atoms. The highest BCUT2D eigenvalue weighted by atomic mass is 35.5. The highest BCUT2D eigenvalue weighted by Gasteiger charge is 2.26. The van der Waals surface area contributed by atoms with Crippen molar-refractivity contribution >= 4 is 38.5 Å². The Balaban J connectivity index is 1.74. The molecule has 184 valence electrons. The van der Waals surface area contributed by atoms with E-state index in [4.69, 9.17) is 25.8 Å². The van der Waals surface area contributed by atoms with Gasteiger partial charge in [-0.1, -0.05) is 11.6 Å². The molecule has 0 spiro atoms. The van der Waals surface area contributed by atoms with Crippen molar-refractivity contribution in [1.29, 1.82) is 0 Å². The van der Waals surface area contributed by atoms with Gasteiger partial charge < -0.3 is 19.2 Å². The number of alkyl halides is 2. The van der Waals surface area contributed by atoms with Gasteiger partial charge in [0.25, 0.3) is 28.2 Å². The number of anilines is 1. The second kappa shape index (κ2) is 9.84. The van der Waals surface area contributed by atoms with E-state index < -0.39 is 29.0 Å². The summed E-state index contributed by atoms with van der Waals surface area (Å²) in [6.45, 7) is -0.965. The zero-order valence-corrected chi connectivity index (χ0v) is 19.7. The first-order valence-electron chi connectivity index (χ1n) is 9.75. The van der Waals surface area contributed by atoms with Gasteiger partial charge in [0.15, 0.2) is 0 Å². The van der Waals surface area contributed by atoms with Gasteiger partial charge in [-0.25, -0.2) is 31.9 Å². The number of hydrogen-bond acceptors (Lipinski definition) is 9. The standard InChI is InChI=1S/C20H17ClF2N6O5S/c1-32-18-17(34-8-14(22)23)19(33-2)28-20(27-18)29-35(30,31)13-7-25-16-10(13)3-4-11(21)15(16)12-5-6-24-9-26-12/h3-7,9,14,25H,8H2,1-2H3,(H,27,28,29). The maximum atomic E-state index is 13.2. The zero-order chi connectivity index (χ0) is 25.2. The Kier molecular flexibility index (Phi) is 6.84. The first-order valence-corrected chi connectivity index (χ1v) is 11.6. The number of nitrogens with one attached hydrogen (secondary N) is 2. The summed E-state index contributed by atoms with van der Waals surface area (Å²) < 4.78 is 68.9. The Morgan fingerprint density at radius 1 is 1.14 bits per heavy atom. The number of nitrogens with zero attached hydrogens (tertiary/aromatic N) is 4. The number of ether oxygens (including phenoxy) is 3. The van der Waals surface area contributed by atoms with Gasteiger partial charge in [0, 0.05) is 23.3 Å². The molecule has 0 aliphatic heterocycles. The Morgan fingerprint density at radius 3 is 2.46 bits per heavy atom. The maximum Gasteiger partial charge on any atom is 0.272 e. The molecule has 1 aromatic carbocycles. The van der Waals surface area contributed by atoms with Crippen LogP contribution < -0.4 is 18.9 Å². The molecule has 0 unspecified atom stereocenters. The molecule has 4 aromatic rings. The molecule has 0 saturated heterocycles. The van der Waals surface area contributed by atoms with Crippen LogP contribution in [0.25, 0.3) is 22.2 Å². The summed E-state index contributed by atoms with van der Waals surface area (Å²) >= 11 is 6.37. The van der Waals surface area contributed by atoms with Crippen molar-refractivity contribution < 1.29 is 31.4 Å². The highest BCUT2D eigenvalue weighted by Crippen LogP contribution is 2.38. The van der Waals surface area contributed by atoms with Crippen molar-refractivity contribution in [2.45, 2.75) is 11.3 Å². The van der Waals surface area contributed by atoms with Crippen LogP contribution in [-0.2, 0) is 10.0 Å². The molecule has 0 saturated carbocycles. The number of sulfonamides is 1. The molecular formula is C20H17ClF2N6O5S. The van der Waals surface area contributed by atoms with Crippen LogP contribution in [0.2, 0.25) is 5.02 Å². The minimum Gasteiger partial charge on any atom is -0.478 e. The number of halogens is 3. The summed E-state index contributed by atoms with van der Waals surface area (Å²) in [7, 11) is -1.85. The number of rotatable bonds is 9. The van der Waals surface area contributed by atoms with Crippen LogP contribution in [0.3, 0.4) is 0 Å². The average Bonchev–Trinajstić information content (AvgIpc) is 3.27. The summed E-state index contributed by atoms with van der Waals surface area (Å²) in [4.78, 5) is 18.7. The monoisotopic (exact) mass is 526 g/mol. The Labute approximate surface area is 202 Å². The van der Waals surface area contributed by atoms with Crippen LogP contribution in [0.15, 0.2) is 41.8 Å². The van der Waals surface area contributed by atoms with Crippen LogP contribution in [0.1, 0.15) is 0 Å². The second-order valence-electron chi connectivity index (χ2n) is 6.79. The predicted octanol–water partition coefficient (Wildman–Crippen LogP) is 3.53. The van der Waals surface area contributed by atoms with Gasteiger partial charge in [-0.2, -0.15) is 9.97 Å². The van der Waals surface area contributed by atoms with E-state index in [2.05, 4.69) is 29.6 Å². The number of aromatic nitrogens is 5. The molecule has 3 heterocycles. The van der Waals surface area contributed by atoms with E-state index in [1.807, 2.05) is 0 Å². The molecule has 3 aromatic heterocycles. The van der Waals surface area contributed by atoms with Gasteiger partial charge in [-0.3, -0.25) is 0 Å². The van der Waals surface area contributed by atoms with Gasteiger partial charge in [-0.05, 0) is 18.2 Å². The van der Waals surface area contributed by atoms with Crippen LogP contribution >= 0.6 is 11.6 Å². The molecule has 0 aliphatic rings. The van der Waals surface area contributed by atoms with E-state index in [9.17, 15) is 17.2 Å². The first-order chi connectivity index (χ1) is 16.7. The fourth-order valence-electron chi connectivity index (χ4n) is 3.24. The largest absolute Gasteiger partial charge is 0.478 e. The van der Waals surface area contributed by atoms with Gasteiger partial charge in [0.1, 0.15) is 17.8 Å². The van der Waals surface area contributed by atoms with Gasteiger partial charge in [-0.15, -0.1) is 0 Å². The molecule has 11 nitrogen and oxygen atoms in total. The Morgan fingerprint density at radius 2 is 1.86 bits per heavy atom. The molecule has 0 atom stereocenters. The summed E-state index contributed by atoms with van der Waals surface area (Å²) in [6, 6.07) is 4.72. The van der Waals surface area contributed by atoms with E-state index >= 15 is 0 Å². The third kappa shape index (κ3) is 4.88. The zero-order valence-electron chi connectivity index (χ0n) is 18.1. The third-order valence-electron chi connectivity index (χ3n) is 4.66. The predicted molar refractivity (Wildman–Crippen MR) is 122 cm³/mol. The summed E-state index contributed by atoms with van der Waals surface area (Å²) in [5, 5.41) is 0.679. The van der Waals surface area contributed by atoms with Crippen molar-refractivity contribution in [2.75, 3.05) is 25.5 Å². The fourth-order valence-corrected chi connectivity index (χ4v) is 4.61. The van der Waals surface area contributed by atoms with Crippen LogP contribution in [-0.4, -0.2) is 60.6 Å². The van der Waals surface area contributed by atoms with Crippen LogP contribution in [0.5, 0.6) is 17.5 Å². The summed E-state index contributed by atoms with van der Waals surface area (Å²) in [6.07, 6.45) is 1.39. The van der Waals surface area contributed by atoms with Crippen molar-refractivity contribution in [3.8, 4) is 28.8 Å². The van der Waals surface area contributed by atoms with E-state index in [0.29, 0.717) is 27.2 Å². The van der Waals surface area contributed by atoms with Gasteiger partial charge in [0.2, 0.25) is 11.7 Å². The fraction of sp³-hybridized carbons (Fsp3) is 0.200. The Bertz CT molecular complexity index is 1440. The molecule has 4 rings (SSSR count). The number of hydrogen-bond donors (Lipinski definition) is 2. The van der Waals surface area contributed by atoms with E-state index in [-0.39, 0.29) is 22.4 Å². The van der Waals surface area contributed by atoms with Gasteiger partial charge in [0.05, 0.1) is 30.5 Å².